The number of nitro groups is 1. The molecule has 0 aliphatic heterocycles. The van der Waals surface area contributed by atoms with Crippen molar-refractivity contribution in [3.8, 4) is 0 Å². The lowest BCUT2D eigenvalue weighted by molar-refractivity contribution is -0.383. The third-order valence-corrected chi connectivity index (χ3v) is 4.14. The van der Waals surface area contributed by atoms with Gasteiger partial charge in [0.2, 0.25) is 0 Å². The van der Waals surface area contributed by atoms with Gasteiger partial charge in [0, 0.05) is 18.8 Å². The summed E-state index contributed by atoms with van der Waals surface area (Å²) in [5.74, 6) is 0. The van der Waals surface area contributed by atoms with Crippen molar-refractivity contribution in [2.24, 2.45) is 7.05 Å². The Hall–Kier alpha value is -1.97. The molecule has 0 aliphatic rings. The van der Waals surface area contributed by atoms with Gasteiger partial charge in [0.15, 0.2) is 0 Å². The second-order valence-corrected chi connectivity index (χ2v) is 5.80. The molecule has 1 aromatic carbocycles. The van der Waals surface area contributed by atoms with Crippen molar-refractivity contribution in [2.45, 2.75) is 13.5 Å². The predicted octanol–water partition coefficient (Wildman–Crippen LogP) is 2.64. The smallest absolute Gasteiger partial charge is 0.273 e. The number of nitro benzene ring substituents is 1. The van der Waals surface area contributed by atoms with Crippen LogP contribution in [0.2, 0.25) is 0 Å². The molecule has 0 fully saturated rings. The summed E-state index contributed by atoms with van der Waals surface area (Å²) in [4.78, 5) is 10.8. The van der Waals surface area contributed by atoms with Crippen molar-refractivity contribution < 1.29 is 4.92 Å². The lowest BCUT2D eigenvalue weighted by Crippen LogP contribution is -2.03. The Morgan fingerprint density at radius 1 is 1.38 bits per heavy atom. The summed E-state index contributed by atoms with van der Waals surface area (Å²) in [5.41, 5.74) is 2.77. The molecule has 0 saturated carbocycles. The summed E-state index contributed by atoms with van der Waals surface area (Å²) >= 11 is 2.03. The van der Waals surface area contributed by atoms with Crippen LogP contribution in [0.1, 0.15) is 11.4 Å². The van der Waals surface area contributed by atoms with E-state index >= 15 is 0 Å². The average Bonchev–Trinajstić information content (AvgIpc) is 2.91. The summed E-state index contributed by atoms with van der Waals surface area (Å²) in [6, 6.07) is 7.00. The van der Waals surface area contributed by atoms with Crippen molar-refractivity contribution >= 4 is 39.2 Å². The van der Waals surface area contributed by atoms with Gasteiger partial charge in [0.1, 0.15) is 9.09 Å². The first kappa shape index (κ1) is 14.0. The Morgan fingerprint density at radius 2 is 2.14 bits per heavy atom. The molecule has 0 atom stereocenters. The second-order valence-electron chi connectivity index (χ2n) is 4.78. The van der Waals surface area contributed by atoms with Gasteiger partial charge in [-0.05, 0) is 41.6 Å². The largest absolute Gasteiger partial charge is 0.281 e. The molecule has 0 aliphatic carbocycles. The maximum atomic E-state index is 11.1. The molecule has 8 heteroatoms. The van der Waals surface area contributed by atoms with Crippen LogP contribution in [0.3, 0.4) is 0 Å². The van der Waals surface area contributed by atoms with E-state index in [4.69, 9.17) is 0 Å². The van der Waals surface area contributed by atoms with Crippen LogP contribution in [0.4, 0.5) is 5.69 Å². The van der Waals surface area contributed by atoms with Gasteiger partial charge in [0.25, 0.3) is 5.69 Å². The van der Waals surface area contributed by atoms with E-state index in [0.717, 1.165) is 16.9 Å². The standard InChI is InChI=1S/C13H12IN5O2/c1-8-6-9(15-17(8)2)7-18-10-4-3-5-11(19(20)21)12(10)13(14)16-18/h3-6H,7H2,1-2H3. The minimum absolute atomic E-state index is 0.0837. The highest BCUT2D eigenvalue weighted by atomic mass is 127. The zero-order valence-electron chi connectivity index (χ0n) is 11.4. The average molecular weight is 397 g/mol. The van der Waals surface area contributed by atoms with E-state index < -0.39 is 0 Å². The molecule has 0 unspecified atom stereocenters. The number of hydrogen-bond acceptors (Lipinski definition) is 4. The highest BCUT2D eigenvalue weighted by Crippen LogP contribution is 2.29. The fourth-order valence-electron chi connectivity index (χ4n) is 2.30. The van der Waals surface area contributed by atoms with Gasteiger partial charge in [-0.15, -0.1) is 0 Å². The summed E-state index contributed by atoms with van der Waals surface area (Å²) in [7, 11) is 1.88. The van der Waals surface area contributed by atoms with Crippen molar-refractivity contribution in [1.29, 1.82) is 0 Å². The molecular weight excluding hydrogens is 385 g/mol. The molecule has 21 heavy (non-hydrogen) atoms. The van der Waals surface area contributed by atoms with E-state index in [9.17, 15) is 10.1 Å². The number of nitrogens with zero attached hydrogens (tertiary/aromatic N) is 5. The first-order valence-electron chi connectivity index (χ1n) is 6.26. The first-order valence-corrected chi connectivity index (χ1v) is 7.34. The number of fused-ring (bicyclic) bond motifs is 1. The van der Waals surface area contributed by atoms with Crippen molar-refractivity contribution in [1.82, 2.24) is 19.6 Å². The van der Waals surface area contributed by atoms with E-state index in [2.05, 4.69) is 10.2 Å². The number of aryl methyl sites for hydroxylation is 2. The van der Waals surface area contributed by atoms with Crippen LogP contribution < -0.4 is 0 Å². The number of aromatic nitrogens is 4. The zero-order valence-corrected chi connectivity index (χ0v) is 13.6. The van der Waals surface area contributed by atoms with Crippen molar-refractivity contribution in [3.05, 3.63) is 49.5 Å². The normalized spacial score (nSPS) is 11.2. The van der Waals surface area contributed by atoms with Crippen molar-refractivity contribution in [2.75, 3.05) is 0 Å². The summed E-state index contributed by atoms with van der Waals surface area (Å²) in [6.45, 7) is 2.47. The van der Waals surface area contributed by atoms with Crippen LogP contribution in [0.25, 0.3) is 10.9 Å². The molecule has 108 valence electrons. The maximum Gasteiger partial charge on any atom is 0.281 e. The molecule has 3 aromatic rings. The monoisotopic (exact) mass is 397 g/mol. The Morgan fingerprint density at radius 3 is 2.76 bits per heavy atom. The van der Waals surface area contributed by atoms with Gasteiger partial charge in [-0.2, -0.15) is 10.2 Å². The maximum absolute atomic E-state index is 11.1. The summed E-state index contributed by atoms with van der Waals surface area (Å²) < 4.78 is 4.18. The van der Waals surface area contributed by atoms with Crippen LogP contribution in [0.5, 0.6) is 0 Å². The summed E-state index contributed by atoms with van der Waals surface area (Å²) in [6.07, 6.45) is 0. The summed E-state index contributed by atoms with van der Waals surface area (Å²) in [5, 5.41) is 20.5. The number of non-ortho nitro benzene ring substituents is 1. The van der Waals surface area contributed by atoms with Crippen LogP contribution in [0, 0.1) is 20.7 Å². The van der Waals surface area contributed by atoms with Gasteiger partial charge >= 0.3 is 0 Å². The highest BCUT2D eigenvalue weighted by molar-refractivity contribution is 14.1. The first-order chi connectivity index (χ1) is 9.97. The molecule has 2 aromatic heterocycles. The fraction of sp³-hybridized carbons (Fsp3) is 0.231. The molecule has 2 heterocycles. The molecule has 0 amide bonds. The van der Waals surface area contributed by atoms with Gasteiger partial charge in [-0.1, -0.05) is 6.07 Å². The highest BCUT2D eigenvalue weighted by Gasteiger charge is 2.19. The Balaban J connectivity index is 2.12. The number of benzene rings is 1. The molecular formula is C13H12IN5O2. The van der Waals surface area contributed by atoms with Crippen LogP contribution in [-0.4, -0.2) is 24.5 Å². The van der Waals surface area contributed by atoms with E-state index in [1.165, 1.54) is 6.07 Å². The Labute approximate surface area is 133 Å². The zero-order chi connectivity index (χ0) is 15.1. The second kappa shape index (κ2) is 5.10. The molecule has 3 rings (SSSR count). The molecule has 0 spiro atoms. The van der Waals surface area contributed by atoms with E-state index in [1.54, 1.807) is 15.4 Å². The van der Waals surface area contributed by atoms with Gasteiger partial charge in [-0.25, -0.2) is 0 Å². The molecule has 0 radical (unpaired) electrons. The van der Waals surface area contributed by atoms with Crippen molar-refractivity contribution in [3.63, 3.8) is 0 Å². The quantitative estimate of drug-likeness (QED) is 0.387. The molecule has 7 nitrogen and oxygen atoms in total. The predicted molar refractivity (Wildman–Crippen MR) is 86.2 cm³/mol. The van der Waals surface area contributed by atoms with Crippen LogP contribution >= 0.6 is 22.6 Å². The minimum atomic E-state index is -0.374. The molecule has 0 N–H and O–H groups in total. The van der Waals surface area contributed by atoms with Gasteiger partial charge < -0.3 is 0 Å². The lowest BCUT2D eigenvalue weighted by atomic mass is 10.2. The van der Waals surface area contributed by atoms with Gasteiger partial charge in [-0.3, -0.25) is 19.5 Å². The Bertz CT molecular complexity index is 832. The molecule has 0 bridgehead atoms. The third kappa shape index (κ3) is 2.39. The number of hydrogen-bond donors (Lipinski definition) is 0. The van der Waals surface area contributed by atoms with E-state index in [-0.39, 0.29) is 10.6 Å². The fourth-order valence-corrected chi connectivity index (χ4v) is 3.12. The number of halogens is 1. The third-order valence-electron chi connectivity index (χ3n) is 3.39. The minimum Gasteiger partial charge on any atom is -0.273 e. The topological polar surface area (TPSA) is 78.8 Å². The van der Waals surface area contributed by atoms with E-state index in [0.29, 0.717) is 15.6 Å². The number of rotatable bonds is 3. The van der Waals surface area contributed by atoms with Crippen LogP contribution in [0.15, 0.2) is 24.3 Å². The lowest BCUT2D eigenvalue weighted by Gasteiger charge is -2.00. The molecule has 0 saturated heterocycles. The Kier molecular flexibility index (Phi) is 3.40. The SMILES string of the molecule is Cc1cc(Cn2nc(I)c3c([N+](=O)[O-])cccc32)nn1C. The van der Waals surface area contributed by atoms with E-state index in [1.807, 2.05) is 48.7 Å². The van der Waals surface area contributed by atoms with Crippen LogP contribution in [-0.2, 0) is 13.6 Å². The van der Waals surface area contributed by atoms with Gasteiger partial charge in [0.05, 0.1) is 22.7 Å².